The van der Waals surface area contributed by atoms with Crippen LogP contribution in [0.3, 0.4) is 0 Å². The van der Waals surface area contributed by atoms with Crippen LogP contribution in [-0.2, 0) is 23.9 Å². The summed E-state index contributed by atoms with van der Waals surface area (Å²) in [6.07, 6.45) is 10.7. The molecule has 2 aliphatic carbocycles. The van der Waals surface area contributed by atoms with E-state index in [4.69, 9.17) is 11.2 Å². The van der Waals surface area contributed by atoms with E-state index in [0.717, 1.165) is 19.3 Å². The first-order valence-electron chi connectivity index (χ1n) is 18.3. The second kappa shape index (κ2) is 17.0. The Bertz CT molecular complexity index is 1370. The van der Waals surface area contributed by atoms with Gasteiger partial charge in [-0.25, -0.2) is 9.59 Å². The number of nitrogens with zero attached hydrogens (tertiary/aromatic N) is 1. The van der Waals surface area contributed by atoms with Gasteiger partial charge in [-0.05, 0) is 61.2 Å². The van der Waals surface area contributed by atoms with Crippen LogP contribution >= 0.6 is 0 Å². The van der Waals surface area contributed by atoms with Gasteiger partial charge in [-0.15, -0.1) is 18.9 Å². The van der Waals surface area contributed by atoms with Gasteiger partial charge in [0.1, 0.15) is 18.7 Å². The third-order valence-electron chi connectivity index (χ3n) is 11.0. The number of nitrogens with one attached hydrogen (secondary N) is 5. The molecule has 0 aromatic rings. The summed E-state index contributed by atoms with van der Waals surface area (Å²) in [5, 5.41) is 13.8. The number of alkyl carbamates (subject to hydrolysis) is 1. The molecule has 2 saturated carbocycles. The highest BCUT2D eigenvalue weighted by Crippen LogP contribution is 2.65. The van der Waals surface area contributed by atoms with Gasteiger partial charge >= 0.3 is 12.1 Å². The topological polar surface area (TPSA) is 175 Å². The zero-order valence-corrected chi connectivity index (χ0v) is 31.8. The molecule has 6 atom stereocenters. The molecule has 0 spiro atoms. The molecule has 0 aromatic heterocycles. The number of ether oxygens (including phenoxy) is 1. The van der Waals surface area contributed by atoms with Gasteiger partial charge in [-0.1, -0.05) is 66.9 Å². The number of hydrogen-bond acceptors (Lipinski definition) is 7. The lowest BCUT2D eigenvalue weighted by Gasteiger charge is -2.43. The Balaban J connectivity index is 1.88. The molecule has 3 fully saturated rings. The van der Waals surface area contributed by atoms with Crippen LogP contribution in [0, 0.1) is 40.4 Å². The van der Waals surface area contributed by atoms with Crippen LogP contribution in [-0.4, -0.2) is 90.4 Å². The number of hydrogen-bond donors (Lipinski definition) is 5. The first-order chi connectivity index (χ1) is 23.8. The van der Waals surface area contributed by atoms with E-state index in [1.54, 1.807) is 4.90 Å². The van der Waals surface area contributed by atoms with Gasteiger partial charge in [0.05, 0.1) is 12.1 Å². The lowest BCUT2D eigenvalue weighted by Crippen LogP contribution is -2.63. The predicted molar refractivity (Wildman–Crippen MR) is 194 cm³/mol. The number of carbonyl (C=O) groups is 6. The highest BCUT2D eigenvalue weighted by Gasteiger charge is 2.70. The van der Waals surface area contributed by atoms with Gasteiger partial charge in [0, 0.05) is 25.6 Å². The second-order valence-corrected chi connectivity index (χ2v) is 16.6. The summed E-state index contributed by atoms with van der Waals surface area (Å²) in [7, 11) is 0. The highest BCUT2D eigenvalue weighted by molar-refractivity contribution is 6.38. The first kappa shape index (κ1) is 41.3. The number of rotatable bonds is 15. The number of fused-ring (bicyclic) bond motifs is 1. The minimum absolute atomic E-state index is 0.0426. The first-order valence-corrected chi connectivity index (χ1v) is 18.3. The lowest BCUT2D eigenvalue weighted by atomic mass is 9.70. The van der Waals surface area contributed by atoms with E-state index in [0.29, 0.717) is 19.4 Å². The third kappa shape index (κ3) is 10.3. The zero-order chi connectivity index (χ0) is 38.3. The molecule has 13 heteroatoms. The van der Waals surface area contributed by atoms with Crippen molar-refractivity contribution in [1.82, 2.24) is 31.5 Å². The van der Waals surface area contributed by atoms with Crippen LogP contribution < -0.4 is 26.6 Å². The molecule has 3 aliphatic rings. The minimum Gasteiger partial charge on any atom is -0.447 e. The molecular formula is C38H60N6O7. The van der Waals surface area contributed by atoms with E-state index < -0.39 is 64.7 Å². The second-order valence-electron chi connectivity index (χ2n) is 16.6. The van der Waals surface area contributed by atoms with Crippen molar-refractivity contribution in [2.45, 2.75) is 131 Å². The predicted octanol–water partition coefficient (Wildman–Crippen LogP) is 3.43. The fourth-order valence-electron chi connectivity index (χ4n) is 7.60. The van der Waals surface area contributed by atoms with Gasteiger partial charge in [-0.2, -0.15) is 0 Å². The number of terminal acetylenes is 1. The molecule has 13 nitrogen and oxygen atoms in total. The number of amides is 6. The molecule has 0 radical (unpaired) electrons. The van der Waals surface area contributed by atoms with Crippen LogP contribution in [0.25, 0.3) is 0 Å². The summed E-state index contributed by atoms with van der Waals surface area (Å²) < 4.78 is 5.42. The molecule has 51 heavy (non-hydrogen) atoms. The largest absolute Gasteiger partial charge is 0.447 e. The highest BCUT2D eigenvalue weighted by atomic mass is 16.5. The molecule has 1 saturated heterocycles. The smallest absolute Gasteiger partial charge is 0.407 e. The summed E-state index contributed by atoms with van der Waals surface area (Å²) in [5.41, 5.74) is -1.31. The standard InChI is InChI=1S/C38H60N6O7/c1-11-13-17-25(29(45)32(47)39-20-12-2)41-31(46)28-27-24(37(27,8)9)21-44(28)33(48)30(38(10)18-15-14-16-19-38)43-34(49)42-26(36(5,6)7)22-51-35(50)40-23(3)4/h1,12,23-28,30H,2,13-22H2,3-10H3,(H,39,47)(H,40,50)(H,41,46)(H2,42,43,49)/t24?,25?,26-,27?,28+,30-/m1/s1. The number of carbonyl (C=O) groups excluding carboxylic acids is 6. The van der Waals surface area contributed by atoms with Crippen LogP contribution in [0.2, 0.25) is 0 Å². The van der Waals surface area contributed by atoms with Gasteiger partial charge in [0.2, 0.25) is 17.6 Å². The Morgan fingerprint density at radius 1 is 1.00 bits per heavy atom. The van der Waals surface area contributed by atoms with Crippen molar-refractivity contribution in [1.29, 1.82) is 0 Å². The van der Waals surface area contributed by atoms with E-state index in [9.17, 15) is 28.8 Å². The number of Topliss-reactive ketones (excluding diaryl/α,β-unsaturated/α-hetero) is 1. The summed E-state index contributed by atoms with van der Waals surface area (Å²) in [6, 6.07) is -4.32. The Hall–Kier alpha value is -4.08. The minimum atomic E-state index is -1.18. The number of likely N-dealkylation sites (tertiary alicyclic amines) is 1. The van der Waals surface area contributed by atoms with Gasteiger partial charge in [0.25, 0.3) is 5.91 Å². The maximum Gasteiger partial charge on any atom is 0.407 e. The Morgan fingerprint density at radius 2 is 1.65 bits per heavy atom. The van der Waals surface area contributed by atoms with Crippen LogP contribution in [0.15, 0.2) is 12.7 Å². The number of ketones is 1. The fourth-order valence-corrected chi connectivity index (χ4v) is 7.60. The van der Waals surface area contributed by atoms with Crippen molar-refractivity contribution in [3.63, 3.8) is 0 Å². The Morgan fingerprint density at radius 3 is 2.22 bits per heavy atom. The van der Waals surface area contributed by atoms with Crippen LogP contribution in [0.4, 0.5) is 9.59 Å². The van der Waals surface area contributed by atoms with E-state index >= 15 is 0 Å². The monoisotopic (exact) mass is 712 g/mol. The van der Waals surface area contributed by atoms with Gasteiger partial charge < -0.3 is 36.2 Å². The Kier molecular flexibility index (Phi) is 13.7. The van der Waals surface area contributed by atoms with Gasteiger partial charge in [-0.3, -0.25) is 19.2 Å². The molecule has 1 heterocycles. The number of piperidine rings is 1. The molecule has 0 aromatic carbocycles. The summed E-state index contributed by atoms with van der Waals surface area (Å²) >= 11 is 0. The molecular weight excluding hydrogens is 652 g/mol. The van der Waals surface area contributed by atoms with Crippen LogP contribution in [0.1, 0.15) is 100 Å². The quantitative estimate of drug-likeness (QED) is 0.0983. The van der Waals surface area contributed by atoms with Crippen molar-refractivity contribution >= 4 is 35.6 Å². The third-order valence-corrected chi connectivity index (χ3v) is 11.0. The summed E-state index contributed by atoms with van der Waals surface area (Å²) in [5.74, 6) is -0.255. The van der Waals surface area contributed by atoms with Crippen LogP contribution in [0.5, 0.6) is 0 Å². The molecule has 3 unspecified atom stereocenters. The average Bonchev–Trinajstić information content (AvgIpc) is 3.35. The van der Waals surface area contributed by atoms with Gasteiger partial charge in [0.15, 0.2) is 0 Å². The van der Waals surface area contributed by atoms with Crippen molar-refractivity contribution in [2.24, 2.45) is 28.1 Å². The lowest BCUT2D eigenvalue weighted by molar-refractivity contribution is -0.146. The SMILES string of the molecule is C#CCCC(NC(=O)[C@@H]1C2C(CN1C(=O)[C@@H](NC(=O)N[C@H](COC(=O)NC(C)C)C(C)(C)C)C1(C)CCCCC1)C2(C)C)C(=O)C(=O)NCC=C. The van der Waals surface area contributed by atoms with Crippen molar-refractivity contribution < 1.29 is 33.5 Å². The molecule has 0 bridgehead atoms. The normalized spacial score (nSPS) is 23.3. The van der Waals surface area contributed by atoms with E-state index in [2.05, 4.69) is 52.9 Å². The fraction of sp³-hybridized carbons (Fsp3) is 0.737. The molecule has 3 rings (SSSR count). The van der Waals surface area contributed by atoms with Crippen molar-refractivity contribution in [3.8, 4) is 12.3 Å². The van der Waals surface area contributed by atoms with Crippen molar-refractivity contribution in [3.05, 3.63) is 12.7 Å². The Labute approximate surface area is 303 Å². The maximum atomic E-state index is 14.8. The summed E-state index contributed by atoms with van der Waals surface area (Å²) in [4.78, 5) is 82.1. The summed E-state index contributed by atoms with van der Waals surface area (Å²) in [6.45, 7) is 19.4. The molecule has 5 N–H and O–H groups in total. The number of urea groups is 1. The van der Waals surface area contributed by atoms with E-state index in [1.807, 2.05) is 41.5 Å². The molecule has 6 amide bonds. The van der Waals surface area contributed by atoms with E-state index in [1.165, 1.54) is 6.08 Å². The zero-order valence-electron chi connectivity index (χ0n) is 31.8. The van der Waals surface area contributed by atoms with E-state index in [-0.39, 0.29) is 55.2 Å². The van der Waals surface area contributed by atoms with Crippen molar-refractivity contribution in [2.75, 3.05) is 19.7 Å². The maximum absolute atomic E-state index is 14.8. The average molecular weight is 713 g/mol. The molecule has 1 aliphatic heterocycles. The molecule has 284 valence electrons.